The van der Waals surface area contributed by atoms with Crippen molar-refractivity contribution >= 4 is 41.0 Å². The van der Waals surface area contributed by atoms with Gasteiger partial charge in [0.25, 0.3) is 5.91 Å². The summed E-state index contributed by atoms with van der Waals surface area (Å²) in [6.45, 7) is 5.85. The number of nitrogens with one attached hydrogen (secondary N) is 1. The van der Waals surface area contributed by atoms with Gasteiger partial charge in [0.05, 0.1) is 22.6 Å². The lowest BCUT2D eigenvalue weighted by molar-refractivity contribution is -0.151. The van der Waals surface area contributed by atoms with Crippen LogP contribution in [0.1, 0.15) is 44.0 Å². The average molecular weight is 415 g/mol. The number of amides is 2. The number of hydrogen-bond acceptors (Lipinski definition) is 4. The number of likely N-dealkylation sites (tertiary alicyclic amines) is 1. The molecule has 1 fully saturated rings. The number of nitrogens with zero attached hydrogens (tertiary/aromatic N) is 1. The Morgan fingerprint density at radius 3 is 2.63 bits per heavy atom. The second-order valence-electron chi connectivity index (χ2n) is 6.91. The normalized spacial score (nSPS) is 17.7. The van der Waals surface area contributed by atoms with Gasteiger partial charge in [0.15, 0.2) is 0 Å². The Hall–Kier alpha value is -1.79. The van der Waals surface area contributed by atoms with Gasteiger partial charge in [-0.15, -0.1) is 0 Å². The monoisotopic (exact) mass is 414 g/mol. The van der Waals surface area contributed by atoms with Gasteiger partial charge in [0, 0.05) is 18.1 Å². The Kier molecular flexibility index (Phi) is 7.50. The van der Waals surface area contributed by atoms with Crippen LogP contribution in [0, 0.1) is 5.92 Å². The molecule has 8 heteroatoms. The van der Waals surface area contributed by atoms with E-state index in [9.17, 15) is 14.4 Å². The molecule has 1 aliphatic heterocycles. The molecule has 2 amide bonds. The molecule has 2 rings (SSSR count). The lowest BCUT2D eigenvalue weighted by Gasteiger charge is -2.25. The van der Waals surface area contributed by atoms with Crippen LogP contribution in [0.15, 0.2) is 18.2 Å². The number of hydrogen-bond donors (Lipinski definition) is 1. The molecule has 1 saturated heterocycles. The molecule has 1 aromatic rings. The smallest absolute Gasteiger partial charge is 0.310 e. The molecular weight excluding hydrogens is 391 g/mol. The Labute approximate surface area is 169 Å². The van der Waals surface area contributed by atoms with Crippen molar-refractivity contribution in [2.24, 2.45) is 5.92 Å². The molecule has 0 saturated carbocycles. The minimum absolute atomic E-state index is 0.154. The van der Waals surface area contributed by atoms with E-state index in [1.54, 1.807) is 32.9 Å². The van der Waals surface area contributed by atoms with E-state index in [1.807, 2.05) is 0 Å². The van der Waals surface area contributed by atoms with Crippen LogP contribution >= 0.6 is 23.2 Å². The highest BCUT2D eigenvalue weighted by atomic mass is 35.5. The number of carbonyl (C=O) groups excluding carboxylic acids is 3. The van der Waals surface area contributed by atoms with Crippen LogP contribution in [0.3, 0.4) is 0 Å². The van der Waals surface area contributed by atoms with E-state index in [0.29, 0.717) is 29.4 Å². The van der Waals surface area contributed by atoms with Gasteiger partial charge in [-0.05, 0) is 44.9 Å². The van der Waals surface area contributed by atoms with E-state index >= 15 is 0 Å². The zero-order chi connectivity index (χ0) is 20.1. The quantitative estimate of drug-likeness (QED) is 0.724. The molecule has 2 unspecified atom stereocenters. The SMILES string of the molecule is CC(C)OC(=O)C(C)CNC(=O)C1CCCN1C(=O)c1cc(Cl)ccc1Cl. The first-order valence-corrected chi connectivity index (χ1v) is 9.70. The van der Waals surface area contributed by atoms with Crippen LogP contribution in [0.25, 0.3) is 0 Å². The van der Waals surface area contributed by atoms with Crippen LogP contribution in [-0.2, 0) is 14.3 Å². The summed E-state index contributed by atoms with van der Waals surface area (Å²) in [5.41, 5.74) is 0.276. The first-order chi connectivity index (χ1) is 12.7. The number of benzene rings is 1. The minimum Gasteiger partial charge on any atom is -0.463 e. The number of ether oxygens (including phenoxy) is 1. The van der Waals surface area contributed by atoms with Gasteiger partial charge in [0.1, 0.15) is 6.04 Å². The van der Waals surface area contributed by atoms with E-state index < -0.39 is 12.0 Å². The molecule has 6 nitrogen and oxygen atoms in total. The molecular formula is C19H24Cl2N2O4. The molecule has 1 aliphatic rings. The summed E-state index contributed by atoms with van der Waals surface area (Å²) in [6.07, 6.45) is 1.06. The number of carbonyl (C=O) groups is 3. The van der Waals surface area contributed by atoms with Crippen LogP contribution in [0.2, 0.25) is 10.0 Å². The maximum atomic E-state index is 12.8. The highest BCUT2D eigenvalue weighted by molar-refractivity contribution is 6.35. The van der Waals surface area contributed by atoms with Crippen LogP contribution in [0.5, 0.6) is 0 Å². The lowest BCUT2D eigenvalue weighted by atomic mass is 10.1. The van der Waals surface area contributed by atoms with Crippen molar-refractivity contribution in [3.8, 4) is 0 Å². The van der Waals surface area contributed by atoms with Gasteiger partial charge in [-0.3, -0.25) is 14.4 Å². The standard InChI is InChI=1S/C19H24Cl2N2O4/c1-11(2)27-19(26)12(3)10-22-17(24)16-5-4-8-23(16)18(25)14-9-13(20)6-7-15(14)21/h6-7,9,11-12,16H,4-5,8,10H2,1-3H3,(H,22,24). The second-order valence-corrected chi connectivity index (χ2v) is 7.76. The molecule has 0 bridgehead atoms. The van der Waals surface area contributed by atoms with Crippen molar-refractivity contribution in [2.45, 2.75) is 45.8 Å². The fraction of sp³-hybridized carbons (Fsp3) is 0.526. The summed E-state index contributed by atoms with van der Waals surface area (Å²) >= 11 is 12.1. The molecule has 0 radical (unpaired) electrons. The molecule has 1 aromatic carbocycles. The predicted octanol–water partition coefficient (Wildman–Crippen LogP) is 3.30. The van der Waals surface area contributed by atoms with Crippen LogP contribution in [0.4, 0.5) is 0 Å². The van der Waals surface area contributed by atoms with Crippen molar-refractivity contribution < 1.29 is 19.1 Å². The van der Waals surface area contributed by atoms with Gasteiger partial charge < -0.3 is 15.0 Å². The summed E-state index contributed by atoms with van der Waals surface area (Å²) in [5, 5.41) is 3.44. The first kappa shape index (κ1) is 21.5. The second kappa shape index (κ2) is 9.42. The van der Waals surface area contributed by atoms with E-state index in [2.05, 4.69) is 5.32 Å². The molecule has 1 heterocycles. The van der Waals surface area contributed by atoms with Gasteiger partial charge in [-0.25, -0.2) is 0 Å². The predicted molar refractivity (Wildman–Crippen MR) is 104 cm³/mol. The fourth-order valence-electron chi connectivity index (χ4n) is 2.90. The van der Waals surface area contributed by atoms with Crippen molar-refractivity contribution in [1.82, 2.24) is 10.2 Å². The average Bonchev–Trinajstić information content (AvgIpc) is 3.10. The van der Waals surface area contributed by atoms with E-state index in [4.69, 9.17) is 27.9 Å². The van der Waals surface area contributed by atoms with Gasteiger partial charge in [-0.2, -0.15) is 0 Å². The van der Waals surface area contributed by atoms with Crippen LogP contribution < -0.4 is 5.32 Å². The van der Waals surface area contributed by atoms with Gasteiger partial charge in [0.2, 0.25) is 5.91 Å². The van der Waals surface area contributed by atoms with Crippen molar-refractivity contribution in [2.75, 3.05) is 13.1 Å². The Balaban J connectivity index is 2.00. The summed E-state index contributed by atoms with van der Waals surface area (Å²) in [6, 6.07) is 4.07. The zero-order valence-corrected chi connectivity index (χ0v) is 17.1. The van der Waals surface area contributed by atoms with E-state index in [0.717, 1.165) is 0 Å². The van der Waals surface area contributed by atoms with Gasteiger partial charge >= 0.3 is 5.97 Å². The molecule has 27 heavy (non-hydrogen) atoms. The Morgan fingerprint density at radius 2 is 1.96 bits per heavy atom. The van der Waals surface area contributed by atoms with Gasteiger partial charge in [-0.1, -0.05) is 30.1 Å². The van der Waals surface area contributed by atoms with Crippen LogP contribution in [-0.4, -0.2) is 47.9 Å². The Morgan fingerprint density at radius 1 is 1.26 bits per heavy atom. The third-order valence-electron chi connectivity index (χ3n) is 4.31. The summed E-state index contributed by atoms with van der Waals surface area (Å²) in [4.78, 5) is 38.8. The summed E-state index contributed by atoms with van der Waals surface area (Å²) < 4.78 is 5.13. The third kappa shape index (κ3) is 5.59. The highest BCUT2D eigenvalue weighted by Crippen LogP contribution is 2.26. The topological polar surface area (TPSA) is 75.7 Å². The van der Waals surface area contributed by atoms with Crippen molar-refractivity contribution in [3.63, 3.8) is 0 Å². The first-order valence-electron chi connectivity index (χ1n) is 8.95. The molecule has 2 atom stereocenters. The maximum Gasteiger partial charge on any atom is 0.310 e. The zero-order valence-electron chi connectivity index (χ0n) is 15.6. The number of esters is 1. The molecule has 0 aliphatic carbocycles. The Bertz CT molecular complexity index is 724. The number of rotatable bonds is 6. The number of halogens is 2. The summed E-state index contributed by atoms with van der Waals surface area (Å²) in [5.74, 6) is -1.45. The molecule has 1 N–H and O–H groups in total. The van der Waals surface area contributed by atoms with E-state index in [1.165, 1.54) is 11.0 Å². The molecule has 0 aromatic heterocycles. The largest absolute Gasteiger partial charge is 0.463 e. The summed E-state index contributed by atoms with van der Waals surface area (Å²) in [7, 11) is 0. The lowest BCUT2D eigenvalue weighted by Crippen LogP contribution is -2.47. The maximum absolute atomic E-state index is 12.8. The molecule has 148 valence electrons. The van der Waals surface area contributed by atoms with Crippen molar-refractivity contribution in [1.29, 1.82) is 0 Å². The molecule has 0 spiro atoms. The fourth-order valence-corrected chi connectivity index (χ4v) is 3.27. The van der Waals surface area contributed by atoms with Crippen molar-refractivity contribution in [3.05, 3.63) is 33.8 Å². The minimum atomic E-state index is -0.596. The highest BCUT2D eigenvalue weighted by Gasteiger charge is 2.35. The van der Waals surface area contributed by atoms with E-state index in [-0.39, 0.29) is 36.0 Å². The third-order valence-corrected chi connectivity index (χ3v) is 4.88.